The van der Waals surface area contributed by atoms with E-state index < -0.39 is 0 Å². The van der Waals surface area contributed by atoms with E-state index in [1.165, 1.54) is 6.33 Å². The highest BCUT2D eigenvalue weighted by Gasteiger charge is 2.13. The number of para-hydroxylation sites is 1. The van der Waals surface area contributed by atoms with E-state index in [0.29, 0.717) is 15.9 Å². The number of hydrogen-bond acceptors (Lipinski definition) is 4. The second-order valence-corrected chi connectivity index (χ2v) is 5.16. The fourth-order valence-corrected chi connectivity index (χ4v) is 2.45. The maximum Gasteiger partial charge on any atom is 0.266 e. The highest BCUT2D eigenvalue weighted by Crippen LogP contribution is 2.20. The van der Waals surface area contributed by atoms with Crippen LogP contribution in [0.5, 0.6) is 0 Å². The number of nitrogen functional groups attached to an aromatic ring is 1. The van der Waals surface area contributed by atoms with Gasteiger partial charge in [-0.3, -0.25) is 4.79 Å². The van der Waals surface area contributed by atoms with Crippen molar-refractivity contribution >= 4 is 34.1 Å². The molecule has 0 saturated heterocycles. The number of benzene rings is 1. The van der Waals surface area contributed by atoms with Gasteiger partial charge in [0, 0.05) is 18.8 Å². The molecule has 2 rings (SSSR count). The average molecular weight is 370 g/mol. The van der Waals surface area contributed by atoms with Gasteiger partial charge in [-0.25, -0.2) is 4.98 Å². The van der Waals surface area contributed by atoms with Gasteiger partial charge in [-0.05, 0) is 41.1 Å². The second-order valence-electron chi connectivity index (χ2n) is 4.08. The van der Waals surface area contributed by atoms with Gasteiger partial charge in [-0.1, -0.05) is 18.2 Å². The number of hydrogen-bond donors (Lipinski definition) is 2. The van der Waals surface area contributed by atoms with E-state index in [9.17, 15) is 4.79 Å². The van der Waals surface area contributed by atoms with Gasteiger partial charge in [0.1, 0.15) is 9.39 Å². The van der Waals surface area contributed by atoms with Crippen molar-refractivity contribution in [2.75, 3.05) is 17.2 Å². The summed E-state index contributed by atoms with van der Waals surface area (Å²) < 4.78 is 0.594. The van der Waals surface area contributed by atoms with Crippen LogP contribution < -0.4 is 16.2 Å². The molecule has 1 heterocycles. The van der Waals surface area contributed by atoms with Crippen LogP contribution in [0, 0.1) is 3.57 Å². The van der Waals surface area contributed by atoms with Gasteiger partial charge in [0.05, 0.1) is 6.33 Å². The Labute approximate surface area is 125 Å². The number of anilines is 2. The van der Waals surface area contributed by atoms with Crippen molar-refractivity contribution in [2.45, 2.75) is 13.5 Å². The molecule has 0 unspecified atom stereocenters. The fourth-order valence-electron chi connectivity index (χ4n) is 1.81. The first kappa shape index (κ1) is 13.9. The highest BCUT2D eigenvalue weighted by atomic mass is 127. The van der Waals surface area contributed by atoms with E-state index in [4.69, 9.17) is 5.73 Å². The van der Waals surface area contributed by atoms with E-state index in [1.807, 2.05) is 58.7 Å². The molecule has 0 bridgehead atoms. The lowest BCUT2D eigenvalue weighted by atomic mass is 10.1. The monoisotopic (exact) mass is 370 g/mol. The van der Waals surface area contributed by atoms with Crippen molar-refractivity contribution in [2.24, 2.45) is 0 Å². The van der Waals surface area contributed by atoms with E-state index in [-0.39, 0.29) is 5.56 Å². The quantitative estimate of drug-likeness (QED) is 0.638. The molecule has 0 atom stereocenters. The molecule has 3 N–H and O–H groups in total. The van der Waals surface area contributed by atoms with Gasteiger partial charge in [0.25, 0.3) is 5.56 Å². The summed E-state index contributed by atoms with van der Waals surface area (Å²) in [5.74, 6) is 0.690. The number of nitrogens with two attached hydrogens (primary N) is 1. The Morgan fingerprint density at radius 3 is 2.84 bits per heavy atom. The third-order valence-electron chi connectivity index (χ3n) is 2.88. The predicted molar refractivity (Wildman–Crippen MR) is 85.2 cm³/mol. The summed E-state index contributed by atoms with van der Waals surface area (Å²) >= 11 is 2.02. The van der Waals surface area contributed by atoms with Crippen molar-refractivity contribution < 1.29 is 0 Å². The normalized spacial score (nSPS) is 10.4. The van der Waals surface area contributed by atoms with Crippen LogP contribution >= 0.6 is 22.6 Å². The van der Waals surface area contributed by atoms with Gasteiger partial charge in [-0.2, -0.15) is 0 Å². The van der Waals surface area contributed by atoms with Crippen LogP contribution in [0.15, 0.2) is 35.4 Å². The van der Waals surface area contributed by atoms with Crippen molar-refractivity contribution in [3.63, 3.8) is 0 Å². The molecule has 19 heavy (non-hydrogen) atoms. The Balaban J connectivity index is 2.33. The van der Waals surface area contributed by atoms with Gasteiger partial charge in [-0.15, -0.1) is 0 Å². The molecule has 0 aliphatic rings. The lowest BCUT2D eigenvalue weighted by molar-refractivity contribution is 0.804. The predicted octanol–water partition coefficient (Wildman–Crippen LogP) is 1.98. The minimum absolute atomic E-state index is 0.120. The number of nitrogens with one attached hydrogen (secondary N) is 1. The standard InChI is InChI=1S/C13H15IN4O/c1-2-18(7-9-5-3-4-6-10(9)15)12-11(14)13(19)17-8-16-12/h3-6,8H,2,7,15H2,1H3,(H,16,17,19). The van der Waals surface area contributed by atoms with Crippen LogP contribution in [0.3, 0.4) is 0 Å². The SMILES string of the molecule is CCN(Cc1ccccc1N)c1nc[nH]c(=O)c1I. The van der Waals surface area contributed by atoms with Gasteiger partial charge >= 0.3 is 0 Å². The number of nitrogens with zero attached hydrogens (tertiary/aromatic N) is 2. The van der Waals surface area contributed by atoms with Crippen LogP contribution in [-0.4, -0.2) is 16.5 Å². The number of halogens is 1. The van der Waals surface area contributed by atoms with E-state index in [1.54, 1.807) is 0 Å². The Kier molecular flexibility index (Phi) is 4.41. The van der Waals surface area contributed by atoms with Crippen LogP contribution in [0.25, 0.3) is 0 Å². The second kappa shape index (κ2) is 6.05. The Morgan fingerprint density at radius 2 is 2.16 bits per heavy atom. The Morgan fingerprint density at radius 1 is 1.42 bits per heavy atom. The molecule has 1 aromatic heterocycles. The average Bonchev–Trinajstić information content (AvgIpc) is 2.41. The van der Waals surface area contributed by atoms with Gasteiger partial charge < -0.3 is 15.6 Å². The third kappa shape index (κ3) is 3.06. The maximum atomic E-state index is 11.6. The Bertz CT molecular complexity index is 626. The number of aromatic nitrogens is 2. The van der Waals surface area contributed by atoms with Gasteiger partial charge in [0.15, 0.2) is 0 Å². The lowest BCUT2D eigenvalue weighted by Crippen LogP contribution is -2.27. The molecule has 0 amide bonds. The Hall–Kier alpha value is -1.57. The van der Waals surface area contributed by atoms with Gasteiger partial charge in [0.2, 0.25) is 0 Å². The first-order chi connectivity index (χ1) is 9.13. The van der Waals surface area contributed by atoms with E-state index in [2.05, 4.69) is 9.97 Å². The first-order valence-electron chi connectivity index (χ1n) is 5.95. The molecule has 0 aliphatic heterocycles. The first-order valence-corrected chi connectivity index (χ1v) is 7.03. The summed E-state index contributed by atoms with van der Waals surface area (Å²) in [5, 5.41) is 0. The summed E-state index contributed by atoms with van der Waals surface area (Å²) in [6.45, 7) is 3.41. The zero-order valence-corrected chi connectivity index (χ0v) is 12.7. The molecule has 0 saturated carbocycles. The molecule has 0 aliphatic carbocycles. The molecular weight excluding hydrogens is 355 g/mol. The van der Waals surface area contributed by atoms with Crippen LogP contribution in [-0.2, 0) is 6.54 Å². The van der Waals surface area contributed by atoms with Crippen LogP contribution in [0.2, 0.25) is 0 Å². The summed E-state index contributed by atoms with van der Waals surface area (Å²) in [7, 11) is 0. The van der Waals surface area contributed by atoms with Crippen molar-refractivity contribution in [3.05, 3.63) is 50.1 Å². The van der Waals surface area contributed by atoms with Crippen LogP contribution in [0.4, 0.5) is 11.5 Å². The topological polar surface area (TPSA) is 75.0 Å². The smallest absolute Gasteiger partial charge is 0.266 e. The van der Waals surface area contributed by atoms with Crippen molar-refractivity contribution in [1.82, 2.24) is 9.97 Å². The third-order valence-corrected chi connectivity index (χ3v) is 3.85. The zero-order chi connectivity index (χ0) is 13.8. The molecule has 0 radical (unpaired) electrons. The number of rotatable bonds is 4. The molecule has 100 valence electrons. The molecule has 1 aromatic carbocycles. The highest BCUT2D eigenvalue weighted by molar-refractivity contribution is 14.1. The minimum atomic E-state index is -0.120. The van der Waals surface area contributed by atoms with Crippen LogP contribution in [0.1, 0.15) is 12.5 Å². The molecular formula is C13H15IN4O. The summed E-state index contributed by atoms with van der Waals surface area (Å²) in [4.78, 5) is 20.5. The lowest BCUT2D eigenvalue weighted by Gasteiger charge is -2.23. The number of aromatic amines is 1. The summed E-state index contributed by atoms with van der Waals surface area (Å²) in [5.41, 5.74) is 7.61. The largest absolute Gasteiger partial charge is 0.398 e. The van der Waals surface area contributed by atoms with E-state index >= 15 is 0 Å². The van der Waals surface area contributed by atoms with Crippen molar-refractivity contribution in [3.8, 4) is 0 Å². The summed E-state index contributed by atoms with van der Waals surface area (Å²) in [6, 6.07) is 7.72. The number of H-pyrrole nitrogens is 1. The molecule has 0 spiro atoms. The molecule has 0 fully saturated rings. The molecule has 5 nitrogen and oxygen atoms in total. The maximum absolute atomic E-state index is 11.6. The fraction of sp³-hybridized carbons (Fsp3) is 0.231. The molecule has 6 heteroatoms. The minimum Gasteiger partial charge on any atom is -0.398 e. The molecule has 2 aromatic rings. The summed E-state index contributed by atoms with van der Waals surface area (Å²) in [6.07, 6.45) is 1.43. The van der Waals surface area contributed by atoms with Crippen molar-refractivity contribution in [1.29, 1.82) is 0 Å². The van der Waals surface area contributed by atoms with E-state index in [0.717, 1.165) is 17.8 Å². The zero-order valence-electron chi connectivity index (χ0n) is 10.6.